The SMILES string of the molecule is NC(=S)c1ccc(OCC(=O)NCCc2ccco2)cc1. The first-order valence-electron chi connectivity index (χ1n) is 6.47. The number of furan rings is 1. The van der Waals surface area contributed by atoms with Crippen molar-refractivity contribution in [3.63, 3.8) is 0 Å². The fourth-order valence-electron chi connectivity index (χ4n) is 1.70. The molecule has 0 saturated carbocycles. The Hall–Kier alpha value is -2.34. The van der Waals surface area contributed by atoms with Gasteiger partial charge < -0.3 is 20.2 Å². The van der Waals surface area contributed by atoms with E-state index in [1.807, 2.05) is 12.1 Å². The minimum absolute atomic E-state index is 0.0371. The van der Waals surface area contributed by atoms with Crippen molar-refractivity contribution in [2.24, 2.45) is 5.73 Å². The molecule has 1 aromatic carbocycles. The number of rotatable bonds is 7. The number of thiocarbonyl (C=S) groups is 1. The van der Waals surface area contributed by atoms with Gasteiger partial charge in [-0.1, -0.05) is 12.2 Å². The van der Waals surface area contributed by atoms with Crippen LogP contribution in [0.3, 0.4) is 0 Å². The number of amides is 1. The molecule has 1 amide bonds. The summed E-state index contributed by atoms with van der Waals surface area (Å²) in [6.45, 7) is 0.473. The van der Waals surface area contributed by atoms with Gasteiger partial charge in [-0.15, -0.1) is 0 Å². The van der Waals surface area contributed by atoms with Crippen molar-refractivity contribution in [1.29, 1.82) is 0 Å². The molecule has 0 unspecified atom stereocenters. The van der Waals surface area contributed by atoms with Crippen LogP contribution in [0.2, 0.25) is 0 Å². The van der Waals surface area contributed by atoms with E-state index in [1.54, 1.807) is 30.5 Å². The van der Waals surface area contributed by atoms with Crippen LogP contribution in [0.5, 0.6) is 5.75 Å². The molecular formula is C15H16N2O3S. The normalized spacial score (nSPS) is 10.1. The Morgan fingerprint density at radius 1 is 1.29 bits per heavy atom. The van der Waals surface area contributed by atoms with Crippen LogP contribution in [0.15, 0.2) is 47.1 Å². The highest BCUT2D eigenvalue weighted by Gasteiger charge is 2.04. The first-order valence-corrected chi connectivity index (χ1v) is 6.88. The summed E-state index contributed by atoms with van der Waals surface area (Å²) >= 11 is 4.86. The molecule has 0 radical (unpaired) electrons. The second-order valence-corrected chi connectivity index (χ2v) is 4.80. The van der Waals surface area contributed by atoms with Gasteiger partial charge in [0.15, 0.2) is 6.61 Å². The summed E-state index contributed by atoms with van der Waals surface area (Å²) in [7, 11) is 0. The summed E-state index contributed by atoms with van der Waals surface area (Å²) in [5, 5.41) is 2.76. The zero-order valence-electron chi connectivity index (χ0n) is 11.4. The average Bonchev–Trinajstić information content (AvgIpc) is 2.99. The third kappa shape index (κ3) is 4.92. The molecule has 1 heterocycles. The van der Waals surface area contributed by atoms with Crippen molar-refractivity contribution in [3.05, 3.63) is 54.0 Å². The lowest BCUT2D eigenvalue weighted by atomic mass is 10.2. The maximum Gasteiger partial charge on any atom is 0.257 e. The Balaban J connectivity index is 1.69. The topological polar surface area (TPSA) is 77.5 Å². The van der Waals surface area contributed by atoms with Crippen LogP contribution in [0, 0.1) is 0 Å². The molecule has 0 saturated heterocycles. The van der Waals surface area contributed by atoms with Gasteiger partial charge in [-0.2, -0.15) is 0 Å². The molecule has 0 bridgehead atoms. The Labute approximate surface area is 128 Å². The van der Waals surface area contributed by atoms with Crippen LogP contribution in [-0.4, -0.2) is 24.0 Å². The van der Waals surface area contributed by atoms with Gasteiger partial charge in [-0.25, -0.2) is 0 Å². The fraction of sp³-hybridized carbons (Fsp3) is 0.200. The van der Waals surface area contributed by atoms with E-state index in [1.165, 1.54) is 0 Å². The third-order valence-corrected chi connectivity index (χ3v) is 3.02. The van der Waals surface area contributed by atoms with Crippen LogP contribution in [0.4, 0.5) is 0 Å². The molecule has 0 atom stereocenters. The van der Waals surface area contributed by atoms with Crippen LogP contribution < -0.4 is 15.8 Å². The second kappa shape index (κ2) is 7.44. The van der Waals surface area contributed by atoms with E-state index in [0.717, 1.165) is 11.3 Å². The van der Waals surface area contributed by atoms with Gasteiger partial charge in [0.2, 0.25) is 0 Å². The highest BCUT2D eigenvalue weighted by molar-refractivity contribution is 7.80. The quantitative estimate of drug-likeness (QED) is 0.761. The largest absolute Gasteiger partial charge is 0.484 e. The molecular weight excluding hydrogens is 288 g/mol. The van der Waals surface area contributed by atoms with Gasteiger partial charge in [-0.05, 0) is 36.4 Å². The van der Waals surface area contributed by atoms with E-state index >= 15 is 0 Å². The first kappa shape index (κ1) is 15.1. The van der Waals surface area contributed by atoms with Crippen LogP contribution >= 0.6 is 12.2 Å². The number of ether oxygens (including phenoxy) is 1. The monoisotopic (exact) mass is 304 g/mol. The first-order chi connectivity index (χ1) is 10.1. The predicted octanol–water partition coefficient (Wildman–Crippen LogP) is 1.65. The molecule has 0 aliphatic rings. The molecule has 1 aromatic heterocycles. The second-order valence-electron chi connectivity index (χ2n) is 4.36. The molecule has 0 spiro atoms. The molecule has 5 nitrogen and oxygen atoms in total. The van der Waals surface area contributed by atoms with Crippen molar-refractivity contribution in [1.82, 2.24) is 5.32 Å². The maximum absolute atomic E-state index is 11.6. The highest BCUT2D eigenvalue weighted by atomic mass is 32.1. The van der Waals surface area contributed by atoms with Crippen molar-refractivity contribution in [2.75, 3.05) is 13.2 Å². The van der Waals surface area contributed by atoms with Crippen LogP contribution in [-0.2, 0) is 11.2 Å². The zero-order valence-corrected chi connectivity index (χ0v) is 12.2. The van der Waals surface area contributed by atoms with Gasteiger partial charge in [0, 0.05) is 18.5 Å². The standard InChI is InChI=1S/C15H16N2O3S/c16-15(21)11-3-5-13(6-4-11)20-10-14(18)17-8-7-12-2-1-9-19-12/h1-6,9H,7-8,10H2,(H2,16,21)(H,17,18). The number of carbonyl (C=O) groups excluding carboxylic acids is 1. The number of hydrogen-bond donors (Lipinski definition) is 2. The van der Waals surface area contributed by atoms with Gasteiger partial charge in [0.1, 0.15) is 16.5 Å². The Morgan fingerprint density at radius 2 is 2.05 bits per heavy atom. The maximum atomic E-state index is 11.6. The van der Waals surface area contributed by atoms with Crippen LogP contribution in [0.1, 0.15) is 11.3 Å². The van der Waals surface area contributed by atoms with Gasteiger partial charge in [-0.3, -0.25) is 4.79 Å². The van der Waals surface area contributed by atoms with Crippen LogP contribution in [0.25, 0.3) is 0 Å². The molecule has 2 rings (SSSR count). The van der Waals surface area contributed by atoms with E-state index in [2.05, 4.69) is 5.32 Å². The number of carbonyl (C=O) groups is 1. The van der Waals surface area contributed by atoms with Gasteiger partial charge in [0.05, 0.1) is 6.26 Å². The minimum Gasteiger partial charge on any atom is -0.484 e. The lowest BCUT2D eigenvalue weighted by molar-refractivity contribution is -0.123. The fourth-order valence-corrected chi connectivity index (χ4v) is 1.83. The summed E-state index contributed by atoms with van der Waals surface area (Å²) < 4.78 is 10.5. The molecule has 0 aliphatic heterocycles. The average molecular weight is 304 g/mol. The highest BCUT2D eigenvalue weighted by Crippen LogP contribution is 2.11. The van der Waals surface area contributed by atoms with Gasteiger partial charge >= 0.3 is 0 Å². The Morgan fingerprint density at radius 3 is 2.67 bits per heavy atom. The van der Waals surface area contributed by atoms with E-state index in [9.17, 15) is 4.79 Å². The lowest BCUT2D eigenvalue weighted by Gasteiger charge is -2.07. The number of nitrogens with one attached hydrogen (secondary N) is 1. The van der Waals surface area contributed by atoms with E-state index in [0.29, 0.717) is 23.7 Å². The number of nitrogens with two attached hydrogens (primary N) is 1. The molecule has 110 valence electrons. The van der Waals surface area contributed by atoms with Gasteiger partial charge in [0.25, 0.3) is 5.91 Å². The Kier molecular flexibility index (Phi) is 5.34. The lowest BCUT2D eigenvalue weighted by Crippen LogP contribution is -2.30. The molecule has 2 aromatic rings. The summed E-state index contributed by atoms with van der Waals surface area (Å²) in [4.78, 5) is 11.9. The molecule has 3 N–H and O–H groups in total. The predicted molar refractivity (Wildman–Crippen MR) is 83.2 cm³/mol. The molecule has 0 fully saturated rings. The van der Waals surface area contributed by atoms with E-state index in [-0.39, 0.29) is 12.5 Å². The van der Waals surface area contributed by atoms with Crippen molar-refractivity contribution in [2.45, 2.75) is 6.42 Å². The molecule has 0 aliphatic carbocycles. The summed E-state index contributed by atoms with van der Waals surface area (Å²) in [5.41, 5.74) is 6.26. The number of hydrogen-bond acceptors (Lipinski definition) is 4. The third-order valence-electron chi connectivity index (χ3n) is 2.78. The smallest absolute Gasteiger partial charge is 0.257 e. The molecule has 21 heavy (non-hydrogen) atoms. The van der Waals surface area contributed by atoms with Crippen molar-refractivity contribution in [3.8, 4) is 5.75 Å². The zero-order chi connectivity index (χ0) is 15.1. The van der Waals surface area contributed by atoms with Crippen molar-refractivity contribution < 1.29 is 13.9 Å². The summed E-state index contributed by atoms with van der Waals surface area (Å²) in [5.74, 6) is 1.25. The van der Waals surface area contributed by atoms with E-state index in [4.69, 9.17) is 27.1 Å². The summed E-state index contributed by atoms with van der Waals surface area (Å²) in [6, 6.07) is 10.7. The minimum atomic E-state index is -0.181. The number of benzene rings is 1. The summed E-state index contributed by atoms with van der Waals surface area (Å²) in [6.07, 6.45) is 2.26. The Bertz CT molecular complexity index is 594. The van der Waals surface area contributed by atoms with Crippen molar-refractivity contribution >= 4 is 23.1 Å². The van der Waals surface area contributed by atoms with E-state index < -0.39 is 0 Å². The molecule has 6 heteroatoms.